The summed E-state index contributed by atoms with van der Waals surface area (Å²) < 4.78 is 48.0. The molecule has 14 nitrogen and oxygen atoms in total. The maximum Gasteiger partial charge on any atom is 0.408 e. The van der Waals surface area contributed by atoms with Crippen molar-refractivity contribution < 1.29 is 41.8 Å². The van der Waals surface area contributed by atoms with E-state index in [2.05, 4.69) is 27.5 Å². The number of hydrogen-bond donors (Lipinski definition) is 3. The Morgan fingerprint density at radius 1 is 0.859 bits per heavy atom. The number of nitrogens with zero attached hydrogens (tertiary/aromatic N) is 2. The average Bonchev–Trinajstić information content (AvgIpc) is 4.25. The van der Waals surface area contributed by atoms with Gasteiger partial charge in [0.2, 0.25) is 27.7 Å². The van der Waals surface area contributed by atoms with Gasteiger partial charge in [-0.2, -0.15) is 0 Å². The van der Waals surface area contributed by atoms with E-state index in [0.29, 0.717) is 49.4 Å². The van der Waals surface area contributed by atoms with Crippen molar-refractivity contribution in [2.75, 3.05) is 6.54 Å². The van der Waals surface area contributed by atoms with Crippen LogP contribution in [0.2, 0.25) is 0 Å². The van der Waals surface area contributed by atoms with Crippen molar-refractivity contribution in [1.29, 1.82) is 0 Å². The molecule has 5 aliphatic carbocycles. The van der Waals surface area contributed by atoms with Crippen molar-refractivity contribution in [3.63, 3.8) is 0 Å². The number of allylic oxidation sites excluding steroid dienone is 2. The highest BCUT2D eigenvalue weighted by molar-refractivity contribution is 7.91. The third-order valence-electron chi connectivity index (χ3n) is 14.9. The number of amides is 4. The zero-order valence-corrected chi connectivity index (χ0v) is 37.1. The van der Waals surface area contributed by atoms with E-state index >= 15 is 4.79 Å². The van der Waals surface area contributed by atoms with Crippen LogP contribution in [0.3, 0.4) is 0 Å². The molecule has 5 saturated carbocycles. The Labute approximate surface area is 374 Å². The van der Waals surface area contributed by atoms with E-state index in [4.69, 9.17) is 19.2 Å². The predicted molar refractivity (Wildman–Crippen MR) is 237 cm³/mol. The number of para-hydroxylation sites is 1. The molecule has 15 heteroatoms. The van der Waals surface area contributed by atoms with Gasteiger partial charge >= 0.3 is 6.09 Å². The molecule has 1 saturated heterocycles. The summed E-state index contributed by atoms with van der Waals surface area (Å²) in [6.07, 6.45) is 13.8. The molecule has 340 valence electrons. The van der Waals surface area contributed by atoms with Crippen LogP contribution in [-0.4, -0.2) is 83.7 Å². The highest BCUT2D eigenvalue weighted by atomic mass is 32.2. The molecular weight excluding hydrogens is 835 g/mol. The molecule has 2 aliphatic heterocycles. The standard InChI is InChI=1S/C49H59N5O9S/c55-44(52-49(27-38(49)31-22-23-31)47(57)53-64(59,60)35-24-25-35)40-26-34-28-54(40)46(56)42(33-15-7-8-16-33)51-48(58)63-41-21-11-17-32(41)14-5-2-6-19-37-43(61-29-30-12-3-1-4-13-30)36-18-9-10-20-39(36)50-45(37)62-34/h1-4,6,9-10,12-13,18,20,31-35,38,40-42H,5,7-8,11,14-17,19,21-29H2,(H,51,58)(H,52,55)(H,53,57)/t32-,34-,38+,40+,41-,42+,49-/m1/s1. The molecule has 4 amide bonds. The fourth-order valence-electron chi connectivity index (χ4n) is 11.0. The lowest BCUT2D eigenvalue weighted by molar-refractivity contribution is -0.142. The Hall–Kier alpha value is -5.18. The summed E-state index contributed by atoms with van der Waals surface area (Å²) in [5, 5.41) is 6.24. The summed E-state index contributed by atoms with van der Waals surface area (Å²) in [5.41, 5.74) is 1.01. The number of ether oxygens (including phenoxy) is 3. The number of alkyl carbamates (subject to hydrolysis) is 1. The van der Waals surface area contributed by atoms with Gasteiger partial charge in [-0.15, -0.1) is 0 Å². The molecular formula is C49H59N5O9S. The number of carbonyl (C=O) groups excluding carboxylic acids is 4. The van der Waals surface area contributed by atoms with Crippen LogP contribution in [0.15, 0.2) is 66.7 Å². The number of rotatable bonds is 10. The maximum atomic E-state index is 15.1. The van der Waals surface area contributed by atoms with E-state index in [-0.39, 0.29) is 42.7 Å². The number of sulfonamides is 1. The number of pyridine rings is 1. The molecule has 3 heterocycles. The van der Waals surface area contributed by atoms with Gasteiger partial charge in [0.1, 0.15) is 42.2 Å². The molecule has 6 fully saturated rings. The summed E-state index contributed by atoms with van der Waals surface area (Å²) in [5.74, 6) is -0.692. The zero-order valence-electron chi connectivity index (χ0n) is 36.3. The Morgan fingerprint density at radius 3 is 2.41 bits per heavy atom. The molecule has 10 rings (SSSR count). The fraction of sp³-hybridized carbons (Fsp3) is 0.571. The normalized spacial score (nSPS) is 30.0. The molecule has 3 N–H and O–H groups in total. The first-order valence-electron chi connectivity index (χ1n) is 23.6. The van der Waals surface area contributed by atoms with E-state index in [1.165, 1.54) is 4.90 Å². The molecule has 2 bridgehead atoms. The lowest BCUT2D eigenvalue weighted by Gasteiger charge is -2.32. The molecule has 1 aromatic heterocycles. The van der Waals surface area contributed by atoms with Crippen LogP contribution in [0.1, 0.15) is 107 Å². The van der Waals surface area contributed by atoms with Crippen molar-refractivity contribution in [3.05, 3.63) is 77.9 Å². The lowest BCUT2D eigenvalue weighted by atomic mass is 9.96. The quantitative estimate of drug-likeness (QED) is 0.193. The Morgan fingerprint density at radius 2 is 1.62 bits per heavy atom. The van der Waals surface area contributed by atoms with Gasteiger partial charge in [-0.3, -0.25) is 19.1 Å². The largest absolute Gasteiger partial charge is 0.488 e. The van der Waals surface area contributed by atoms with Crippen LogP contribution in [0.5, 0.6) is 11.6 Å². The summed E-state index contributed by atoms with van der Waals surface area (Å²) in [4.78, 5) is 64.3. The molecule has 0 spiro atoms. The second-order valence-electron chi connectivity index (χ2n) is 19.3. The lowest BCUT2D eigenvalue weighted by Crippen LogP contribution is -2.59. The summed E-state index contributed by atoms with van der Waals surface area (Å²) in [7, 11) is -3.88. The third-order valence-corrected chi connectivity index (χ3v) is 16.7. The molecule has 2 aromatic carbocycles. The number of fused-ring (bicyclic) bond motifs is 5. The Bertz CT molecular complexity index is 2420. The molecule has 7 aliphatic rings. The zero-order chi connectivity index (χ0) is 44.0. The van der Waals surface area contributed by atoms with Gasteiger partial charge in [-0.05, 0) is 125 Å². The maximum absolute atomic E-state index is 15.1. The molecule has 0 radical (unpaired) electrons. The van der Waals surface area contributed by atoms with E-state index in [1.807, 2.05) is 54.6 Å². The highest BCUT2D eigenvalue weighted by Crippen LogP contribution is 2.57. The van der Waals surface area contributed by atoms with Crippen LogP contribution in [0.25, 0.3) is 10.9 Å². The van der Waals surface area contributed by atoms with Gasteiger partial charge in [0, 0.05) is 11.8 Å². The third kappa shape index (κ3) is 8.93. The molecule has 64 heavy (non-hydrogen) atoms. The predicted octanol–water partition coefficient (Wildman–Crippen LogP) is 6.40. The highest BCUT2D eigenvalue weighted by Gasteiger charge is 2.67. The van der Waals surface area contributed by atoms with Gasteiger partial charge in [0.15, 0.2) is 0 Å². The smallest absolute Gasteiger partial charge is 0.408 e. The van der Waals surface area contributed by atoms with Gasteiger partial charge < -0.3 is 29.7 Å². The van der Waals surface area contributed by atoms with E-state index in [1.54, 1.807) is 0 Å². The monoisotopic (exact) mass is 893 g/mol. The fourth-order valence-corrected chi connectivity index (χ4v) is 12.3. The van der Waals surface area contributed by atoms with E-state index in [0.717, 1.165) is 87.1 Å². The van der Waals surface area contributed by atoms with Gasteiger partial charge in [-0.25, -0.2) is 18.2 Å². The minimum atomic E-state index is -3.88. The second-order valence-corrected chi connectivity index (χ2v) is 21.3. The van der Waals surface area contributed by atoms with Crippen molar-refractivity contribution in [3.8, 4) is 11.6 Å². The van der Waals surface area contributed by atoms with Crippen molar-refractivity contribution in [1.82, 2.24) is 25.2 Å². The summed E-state index contributed by atoms with van der Waals surface area (Å²) >= 11 is 0. The number of carbonyl (C=O) groups is 4. The Kier molecular flexibility index (Phi) is 11.8. The van der Waals surface area contributed by atoms with Crippen LogP contribution < -0.4 is 24.8 Å². The van der Waals surface area contributed by atoms with Crippen molar-refractivity contribution in [2.45, 2.75) is 144 Å². The average molecular weight is 894 g/mol. The Balaban J connectivity index is 1.01. The van der Waals surface area contributed by atoms with Crippen LogP contribution in [-0.2, 0) is 42.2 Å². The van der Waals surface area contributed by atoms with Gasteiger partial charge in [0.25, 0.3) is 5.91 Å². The van der Waals surface area contributed by atoms with Crippen molar-refractivity contribution >= 4 is 44.7 Å². The number of benzene rings is 2. The first-order valence-corrected chi connectivity index (χ1v) is 25.2. The van der Waals surface area contributed by atoms with Gasteiger partial charge in [0.05, 0.1) is 22.9 Å². The SMILES string of the molecule is O=C1N[C@@H](C2CCCC2)C(=O)N2C[C@@H](C[C@H]2C(=O)N[C@]2(C(=O)NS(=O)(=O)C3CC3)C[C@H]2C2CC2)Oc2nc3ccccc3c(OCc3ccccc3)c2CC=CCC[C@@H]2CCC[C@H]2O1. The van der Waals surface area contributed by atoms with Crippen LogP contribution in [0.4, 0.5) is 4.79 Å². The number of hydrogen-bond acceptors (Lipinski definition) is 10. The summed E-state index contributed by atoms with van der Waals surface area (Å²) in [6.45, 7) is 0.322. The second kappa shape index (κ2) is 17.7. The van der Waals surface area contributed by atoms with Crippen LogP contribution in [0, 0.1) is 23.7 Å². The topological polar surface area (TPSA) is 182 Å². The van der Waals surface area contributed by atoms with Crippen molar-refractivity contribution in [2.24, 2.45) is 23.7 Å². The minimum absolute atomic E-state index is 0.00681. The first kappa shape index (κ1) is 42.8. The minimum Gasteiger partial charge on any atom is -0.488 e. The number of aromatic nitrogens is 1. The molecule has 7 atom stereocenters. The number of nitrogens with one attached hydrogen (secondary N) is 3. The van der Waals surface area contributed by atoms with E-state index < -0.39 is 62.8 Å². The van der Waals surface area contributed by atoms with Crippen LogP contribution >= 0.6 is 0 Å². The summed E-state index contributed by atoms with van der Waals surface area (Å²) in [6, 6.07) is 15.7. The van der Waals surface area contributed by atoms with Gasteiger partial charge in [-0.1, -0.05) is 67.5 Å². The van der Waals surface area contributed by atoms with E-state index in [9.17, 15) is 22.8 Å². The molecule has 3 aromatic rings. The first-order chi connectivity index (χ1) is 31.1. The molecule has 0 unspecified atom stereocenters.